The summed E-state index contributed by atoms with van der Waals surface area (Å²) in [5.41, 5.74) is 22.8. The van der Waals surface area contributed by atoms with Crippen molar-refractivity contribution in [3.8, 4) is 17.2 Å². The quantitative estimate of drug-likeness (QED) is 0.171. The van der Waals surface area contributed by atoms with Crippen molar-refractivity contribution in [2.45, 2.75) is 161 Å². The van der Waals surface area contributed by atoms with E-state index in [-0.39, 0.29) is 48.0 Å². The summed E-state index contributed by atoms with van der Waals surface area (Å²) in [6, 6.07) is 11.7. The highest BCUT2D eigenvalue weighted by Gasteiger charge is 2.43. The smallest absolute Gasteiger partial charge is 0.410 e. The van der Waals surface area contributed by atoms with Crippen LogP contribution >= 0.6 is 0 Å². The second-order valence-corrected chi connectivity index (χ2v) is 25.7. The molecule has 22 nitrogen and oxygen atoms in total. The number of hydrazone groups is 3. The Kier molecular flexibility index (Phi) is 14.0. The number of likely N-dealkylation sites (tertiary alicyclic amines) is 2. The van der Waals surface area contributed by atoms with E-state index in [1.54, 1.807) is 9.80 Å². The molecule has 3 atom stereocenters. The standard InChI is InChI=1S/2C23H30N4O4.C14H16N4O2/c2*1-13-21(28)25-24-20-12-30-19-9-17(15-5-6-15)16(8-18(19)27(13)20)7-14-10-26(11-14)22(29)31-23(2,3)4;1-7-14(19)17-16-13-6-20-12-4-9(8-2-3-8)10(15)5-11(12)18(7)13/h2*8-9,13-15H,5-7,10-12H2,1-4H3,(H,25,28);4-5,7-8H,2-3,6,15H2,1H3,(H,17,19)/t2*13-;/m10./s1. The summed E-state index contributed by atoms with van der Waals surface area (Å²) < 4.78 is 28.7. The molecule has 3 aromatic rings. The van der Waals surface area contributed by atoms with Crippen LogP contribution in [0.15, 0.2) is 51.7 Å². The van der Waals surface area contributed by atoms with E-state index in [1.165, 1.54) is 66.3 Å². The molecule has 5 amide bonds. The lowest BCUT2D eigenvalue weighted by Gasteiger charge is -2.41. The van der Waals surface area contributed by atoms with Crippen LogP contribution in [0.1, 0.15) is 146 Å². The maximum absolute atomic E-state index is 12.3. The van der Waals surface area contributed by atoms with Gasteiger partial charge in [-0.2, -0.15) is 15.3 Å². The van der Waals surface area contributed by atoms with E-state index in [0.717, 1.165) is 64.5 Å². The van der Waals surface area contributed by atoms with Crippen molar-refractivity contribution in [3.63, 3.8) is 0 Å². The van der Waals surface area contributed by atoms with E-state index in [9.17, 15) is 24.0 Å². The zero-order chi connectivity index (χ0) is 57.7. The third-order valence-electron chi connectivity index (χ3n) is 16.8. The fourth-order valence-corrected chi connectivity index (χ4v) is 12.0. The highest BCUT2D eigenvalue weighted by molar-refractivity contribution is 6.11. The largest absolute Gasteiger partial charge is 0.483 e. The van der Waals surface area contributed by atoms with E-state index >= 15 is 0 Å². The van der Waals surface area contributed by atoms with Crippen LogP contribution in [0.2, 0.25) is 0 Å². The van der Waals surface area contributed by atoms with Gasteiger partial charge in [-0.25, -0.2) is 25.9 Å². The number of nitrogen functional groups attached to an aromatic ring is 1. The van der Waals surface area contributed by atoms with Gasteiger partial charge in [-0.05, 0) is 207 Å². The summed E-state index contributed by atoms with van der Waals surface area (Å²) in [5.74, 6) is 6.82. The Morgan fingerprint density at radius 1 is 0.524 bits per heavy atom. The van der Waals surface area contributed by atoms with Crippen molar-refractivity contribution in [2.24, 2.45) is 27.1 Å². The van der Waals surface area contributed by atoms with E-state index in [1.807, 2.05) is 89.1 Å². The predicted octanol–water partition coefficient (Wildman–Crippen LogP) is 7.18. The van der Waals surface area contributed by atoms with Gasteiger partial charge in [0.05, 0.1) is 17.1 Å². The lowest BCUT2D eigenvalue weighted by molar-refractivity contribution is -0.123. The number of hydrogen-bond donors (Lipinski definition) is 4. The molecule has 3 aromatic carbocycles. The maximum atomic E-state index is 12.3. The minimum Gasteiger partial charge on any atom is -0.483 e. The number of hydrogen-bond acceptors (Lipinski definition) is 17. The lowest BCUT2D eigenvalue weighted by atomic mass is 9.88. The van der Waals surface area contributed by atoms with Crippen molar-refractivity contribution in [2.75, 3.05) is 66.4 Å². The van der Waals surface area contributed by atoms with E-state index in [4.69, 9.17) is 29.4 Å². The van der Waals surface area contributed by atoms with Crippen molar-refractivity contribution < 1.29 is 47.7 Å². The number of fused-ring (bicyclic) bond motifs is 9. The molecule has 5 fully saturated rings. The van der Waals surface area contributed by atoms with Gasteiger partial charge in [0.25, 0.3) is 17.7 Å². The Hall–Kier alpha value is -7.78. The van der Waals surface area contributed by atoms with Gasteiger partial charge in [0.1, 0.15) is 66.4 Å². The first kappa shape index (κ1) is 54.8. The summed E-state index contributed by atoms with van der Waals surface area (Å²) in [6.45, 7) is 20.9. The zero-order valence-electron chi connectivity index (χ0n) is 48.4. The minimum absolute atomic E-state index is 0.114. The first-order chi connectivity index (χ1) is 39.0. The molecular weight excluding hydrogens is 1050 g/mol. The first-order valence-corrected chi connectivity index (χ1v) is 29.1. The average Bonchev–Trinajstić information content (AvgIpc) is 4.19. The summed E-state index contributed by atoms with van der Waals surface area (Å²) in [6.07, 6.45) is 8.53. The Labute approximate surface area is 478 Å². The molecule has 436 valence electrons. The lowest BCUT2D eigenvalue weighted by Crippen LogP contribution is -2.55. The molecule has 1 unspecified atom stereocenters. The molecule has 0 radical (unpaired) electrons. The number of ether oxygens (including phenoxy) is 5. The second-order valence-electron chi connectivity index (χ2n) is 25.7. The highest BCUT2D eigenvalue weighted by Crippen LogP contribution is 2.50. The van der Waals surface area contributed by atoms with Crippen LogP contribution in [0.3, 0.4) is 0 Å². The monoisotopic (exact) mass is 1120 g/mol. The van der Waals surface area contributed by atoms with Gasteiger partial charge in [0.2, 0.25) is 0 Å². The number of nitrogens with zero attached hydrogens (tertiary/aromatic N) is 8. The van der Waals surface area contributed by atoms with Crippen LogP contribution in [-0.4, -0.2) is 133 Å². The van der Waals surface area contributed by atoms with Gasteiger partial charge >= 0.3 is 12.2 Å². The minimum atomic E-state index is -0.476. The fraction of sp³-hybridized carbons (Fsp3) is 0.567. The Morgan fingerprint density at radius 3 is 1.17 bits per heavy atom. The molecule has 3 aliphatic carbocycles. The molecule has 3 saturated carbocycles. The molecule has 0 aromatic heterocycles. The SMILES string of the molecule is CC1C(=O)NN=C2COc3cc(C4CC4)c(N)cc3N21.C[C@@H]1C(=O)NN=C2COc3cc(C4CC4)c(CC4CN(C(=O)OC(C)(C)C)C4)cc3N21.C[C@H]1C(=O)NN=C2COc3cc(C4CC4)c(CC4CN(C(=O)OC(C)(C)C)C4)cc3N21. The molecular formula is C60H76N12O10. The average molecular weight is 1130 g/mol. The summed E-state index contributed by atoms with van der Waals surface area (Å²) in [5, 5.41) is 12.4. The number of carbonyl (C=O) groups is 5. The van der Waals surface area contributed by atoms with Gasteiger partial charge in [0.15, 0.2) is 17.5 Å². The number of nitrogens with two attached hydrogens (primary N) is 1. The van der Waals surface area contributed by atoms with Crippen LogP contribution in [0.4, 0.5) is 32.3 Å². The third-order valence-corrected chi connectivity index (χ3v) is 16.8. The second kappa shape index (κ2) is 20.9. The molecule has 14 rings (SSSR count). The summed E-state index contributed by atoms with van der Waals surface area (Å²) in [4.78, 5) is 70.2. The van der Waals surface area contributed by atoms with Crippen LogP contribution < -0.4 is 50.9 Å². The molecule has 5 N–H and O–H groups in total. The highest BCUT2D eigenvalue weighted by atomic mass is 16.6. The van der Waals surface area contributed by atoms with Crippen molar-refractivity contribution in [3.05, 3.63) is 64.2 Å². The first-order valence-electron chi connectivity index (χ1n) is 29.1. The molecule has 0 bridgehead atoms. The number of benzene rings is 3. The summed E-state index contributed by atoms with van der Waals surface area (Å²) in [7, 11) is 0. The topological polar surface area (TPSA) is 247 Å². The van der Waals surface area contributed by atoms with Crippen LogP contribution in [0.5, 0.6) is 17.2 Å². The molecule has 8 heterocycles. The number of nitrogens with one attached hydrogen (secondary N) is 3. The molecule has 11 aliphatic rings. The molecule has 22 heteroatoms. The molecule has 8 aliphatic heterocycles. The third kappa shape index (κ3) is 11.2. The number of amidine groups is 3. The zero-order valence-corrected chi connectivity index (χ0v) is 48.4. The Morgan fingerprint density at radius 2 is 0.841 bits per heavy atom. The number of rotatable bonds is 7. The van der Waals surface area contributed by atoms with Crippen LogP contribution in [-0.2, 0) is 36.7 Å². The predicted molar refractivity (Wildman–Crippen MR) is 309 cm³/mol. The number of anilines is 4. The number of amides is 5. The Balaban J connectivity index is 0.000000125. The van der Waals surface area contributed by atoms with E-state index in [2.05, 4.69) is 55.8 Å². The normalized spacial score (nSPS) is 23.4. The van der Waals surface area contributed by atoms with Gasteiger partial charge in [-0.3, -0.25) is 14.4 Å². The van der Waals surface area contributed by atoms with Crippen LogP contribution in [0, 0.1) is 11.8 Å². The Bertz CT molecular complexity index is 3060. The molecule has 0 spiro atoms. The van der Waals surface area contributed by atoms with Crippen LogP contribution in [0.25, 0.3) is 0 Å². The summed E-state index contributed by atoms with van der Waals surface area (Å²) >= 11 is 0. The fourth-order valence-electron chi connectivity index (χ4n) is 12.0. The van der Waals surface area contributed by atoms with Gasteiger partial charge in [-0.1, -0.05) is 0 Å². The molecule has 2 saturated heterocycles. The van der Waals surface area contributed by atoms with Gasteiger partial charge in [0, 0.05) is 31.9 Å². The maximum Gasteiger partial charge on any atom is 0.410 e. The van der Waals surface area contributed by atoms with Crippen molar-refractivity contribution in [1.29, 1.82) is 0 Å². The number of carbonyl (C=O) groups excluding carboxylic acids is 5. The van der Waals surface area contributed by atoms with Crippen molar-refractivity contribution >= 4 is 70.2 Å². The molecule has 82 heavy (non-hydrogen) atoms. The van der Waals surface area contributed by atoms with Gasteiger partial charge in [-0.15, -0.1) is 0 Å². The van der Waals surface area contributed by atoms with Gasteiger partial charge < -0.3 is 53.9 Å². The van der Waals surface area contributed by atoms with Crippen molar-refractivity contribution in [1.82, 2.24) is 26.1 Å². The van der Waals surface area contributed by atoms with E-state index < -0.39 is 11.2 Å². The van der Waals surface area contributed by atoms with E-state index in [0.29, 0.717) is 81.4 Å².